The van der Waals surface area contributed by atoms with Crippen molar-refractivity contribution >= 4 is 45.2 Å². The van der Waals surface area contributed by atoms with Crippen LogP contribution < -0.4 is 5.32 Å². The first-order chi connectivity index (χ1) is 9.29. The zero-order valence-corrected chi connectivity index (χ0v) is 13.2. The summed E-state index contributed by atoms with van der Waals surface area (Å²) in [5, 5.41) is 3.38. The number of aromatic nitrogens is 2. The van der Waals surface area contributed by atoms with Gasteiger partial charge in [-0.25, -0.2) is 13.4 Å². The molecular formula is C12H12ClN3O2S2. The minimum Gasteiger partial charge on any atom is -0.340 e. The predicted octanol–water partition coefficient (Wildman–Crippen LogP) is 3.25. The van der Waals surface area contributed by atoms with E-state index in [0.717, 1.165) is 11.8 Å². The van der Waals surface area contributed by atoms with E-state index in [4.69, 9.17) is 23.8 Å². The third kappa shape index (κ3) is 3.17. The van der Waals surface area contributed by atoms with Gasteiger partial charge in [0.1, 0.15) is 10.5 Å². The van der Waals surface area contributed by atoms with E-state index in [-0.39, 0.29) is 4.90 Å². The van der Waals surface area contributed by atoms with Crippen LogP contribution in [0.5, 0.6) is 0 Å². The van der Waals surface area contributed by atoms with Gasteiger partial charge in [0.2, 0.25) is 0 Å². The van der Waals surface area contributed by atoms with Crippen molar-refractivity contribution in [1.82, 2.24) is 9.97 Å². The lowest BCUT2D eigenvalue weighted by Gasteiger charge is -2.11. The molecule has 5 nitrogen and oxygen atoms in total. The molecule has 106 valence electrons. The molecule has 1 heterocycles. The van der Waals surface area contributed by atoms with Gasteiger partial charge in [-0.15, -0.1) is 0 Å². The van der Waals surface area contributed by atoms with Gasteiger partial charge < -0.3 is 10.3 Å². The molecule has 8 heteroatoms. The summed E-state index contributed by atoms with van der Waals surface area (Å²) < 4.78 is 23.4. The Morgan fingerprint density at radius 2 is 2.10 bits per heavy atom. The van der Waals surface area contributed by atoms with Crippen LogP contribution in [0, 0.1) is 11.6 Å². The summed E-state index contributed by atoms with van der Waals surface area (Å²) in [6, 6.07) is 4.51. The van der Waals surface area contributed by atoms with E-state index in [2.05, 4.69) is 15.3 Å². The van der Waals surface area contributed by atoms with E-state index >= 15 is 0 Å². The highest BCUT2D eigenvalue weighted by Crippen LogP contribution is 2.28. The van der Waals surface area contributed by atoms with E-state index in [9.17, 15) is 8.42 Å². The summed E-state index contributed by atoms with van der Waals surface area (Å²) in [6.07, 6.45) is 2.62. The van der Waals surface area contributed by atoms with Crippen LogP contribution in [-0.4, -0.2) is 24.6 Å². The Hall–Kier alpha value is -1.44. The first kappa shape index (κ1) is 15.0. The van der Waals surface area contributed by atoms with Gasteiger partial charge in [-0.1, -0.05) is 23.8 Å². The molecule has 1 aromatic carbocycles. The standard InChI is InChI=1S/C12H12ClN3O2S2/c1-7-11(14-6-15-12(7)19)16-10-4-3-8(5-9(10)13)20(2,17)18/h3-6H,1-2H3,(H2,14,15,16,19). The number of nitrogens with one attached hydrogen (secondary N) is 2. The molecule has 0 aliphatic rings. The van der Waals surface area contributed by atoms with Crippen LogP contribution in [-0.2, 0) is 9.84 Å². The molecule has 0 bridgehead atoms. The second-order valence-electron chi connectivity index (χ2n) is 4.25. The summed E-state index contributed by atoms with van der Waals surface area (Å²) in [5.41, 5.74) is 1.37. The smallest absolute Gasteiger partial charge is 0.175 e. The Kier molecular flexibility index (Phi) is 4.12. The number of halogens is 1. The highest BCUT2D eigenvalue weighted by molar-refractivity contribution is 7.90. The largest absolute Gasteiger partial charge is 0.340 e. The highest BCUT2D eigenvalue weighted by atomic mass is 35.5. The Morgan fingerprint density at radius 1 is 1.40 bits per heavy atom. The Bertz CT molecular complexity index is 816. The maximum absolute atomic E-state index is 11.4. The molecule has 0 amide bonds. The number of aromatic amines is 1. The molecule has 2 aromatic rings. The third-order valence-corrected chi connectivity index (χ3v) is 4.55. The second kappa shape index (κ2) is 5.51. The number of anilines is 2. The molecule has 0 saturated carbocycles. The first-order valence-electron chi connectivity index (χ1n) is 5.60. The lowest BCUT2D eigenvalue weighted by molar-refractivity contribution is 0.602. The van der Waals surface area contributed by atoms with Gasteiger partial charge in [-0.2, -0.15) is 0 Å². The molecule has 0 fully saturated rings. The van der Waals surface area contributed by atoms with Gasteiger partial charge in [-0.05, 0) is 25.1 Å². The lowest BCUT2D eigenvalue weighted by atomic mass is 10.3. The van der Waals surface area contributed by atoms with Crippen LogP contribution in [0.4, 0.5) is 11.5 Å². The van der Waals surface area contributed by atoms with Gasteiger partial charge in [0.15, 0.2) is 9.84 Å². The molecule has 20 heavy (non-hydrogen) atoms. The number of nitrogens with zero attached hydrogens (tertiary/aromatic N) is 1. The number of sulfone groups is 1. The van der Waals surface area contributed by atoms with Crippen molar-refractivity contribution in [3.8, 4) is 0 Å². The van der Waals surface area contributed by atoms with Gasteiger partial charge in [0.25, 0.3) is 0 Å². The van der Waals surface area contributed by atoms with E-state index < -0.39 is 9.84 Å². The molecule has 0 spiro atoms. The summed E-state index contributed by atoms with van der Waals surface area (Å²) >= 11 is 11.2. The van der Waals surface area contributed by atoms with Crippen LogP contribution in [0.25, 0.3) is 0 Å². The summed E-state index contributed by atoms with van der Waals surface area (Å²) in [6.45, 7) is 1.83. The molecule has 2 N–H and O–H groups in total. The Morgan fingerprint density at radius 3 is 2.70 bits per heavy atom. The minimum atomic E-state index is -3.28. The topological polar surface area (TPSA) is 74.8 Å². The molecule has 0 aliphatic heterocycles. The van der Waals surface area contributed by atoms with Crippen molar-refractivity contribution in [2.24, 2.45) is 0 Å². The van der Waals surface area contributed by atoms with Crippen molar-refractivity contribution in [1.29, 1.82) is 0 Å². The molecule has 0 saturated heterocycles. The molecule has 2 rings (SSSR count). The second-order valence-corrected chi connectivity index (χ2v) is 7.06. The normalized spacial score (nSPS) is 11.3. The Labute approximate surface area is 126 Å². The van der Waals surface area contributed by atoms with Crippen LogP contribution in [0.1, 0.15) is 5.56 Å². The molecular weight excluding hydrogens is 318 g/mol. The summed E-state index contributed by atoms with van der Waals surface area (Å²) in [7, 11) is -3.28. The van der Waals surface area contributed by atoms with E-state index in [1.165, 1.54) is 18.5 Å². The quantitative estimate of drug-likeness (QED) is 0.845. The van der Waals surface area contributed by atoms with E-state index in [0.29, 0.717) is 21.2 Å². The van der Waals surface area contributed by atoms with Crippen molar-refractivity contribution in [2.75, 3.05) is 11.6 Å². The monoisotopic (exact) mass is 329 g/mol. The summed E-state index contributed by atoms with van der Waals surface area (Å²) in [4.78, 5) is 7.06. The molecule has 0 atom stereocenters. The average molecular weight is 330 g/mol. The maximum atomic E-state index is 11.4. The Balaban J connectivity index is 2.41. The number of H-pyrrole nitrogens is 1. The van der Waals surface area contributed by atoms with Crippen molar-refractivity contribution in [2.45, 2.75) is 11.8 Å². The van der Waals surface area contributed by atoms with Crippen molar-refractivity contribution < 1.29 is 8.42 Å². The zero-order chi connectivity index (χ0) is 14.9. The molecule has 0 radical (unpaired) electrons. The lowest BCUT2D eigenvalue weighted by Crippen LogP contribution is -2.01. The minimum absolute atomic E-state index is 0.174. The first-order valence-corrected chi connectivity index (χ1v) is 8.27. The predicted molar refractivity (Wildman–Crippen MR) is 82.0 cm³/mol. The number of hydrogen-bond donors (Lipinski definition) is 2. The van der Waals surface area contributed by atoms with Crippen LogP contribution in [0.3, 0.4) is 0 Å². The SMILES string of the molecule is Cc1c(Nc2ccc(S(C)(=O)=O)cc2Cl)[nH]cnc1=S. The third-order valence-electron chi connectivity index (χ3n) is 2.71. The van der Waals surface area contributed by atoms with Crippen LogP contribution in [0.2, 0.25) is 5.02 Å². The van der Waals surface area contributed by atoms with Crippen molar-refractivity contribution in [3.05, 3.63) is 39.8 Å². The fourth-order valence-corrected chi connectivity index (χ4v) is 2.65. The molecule has 0 unspecified atom stereocenters. The van der Waals surface area contributed by atoms with Gasteiger partial charge >= 0.3 is 0 Å². The van der Waals surface area contributed by atoms with Crippen LogP contribution in [0.15, 0.2) is 29.4 Å². The fraction of sp³-hybridized carbons (Fsp3) is 0.167. The van der Waals surface area contributed by atoms with Crippen LogP contribution >= 0.6 is 23.8 Å². The average Bonchev–Trinajstić information content (AvgIpc) is 2.36. The molecule has 1 aromatic heterocycles. The van der Waals surface area contributed by atoms with Gasteiger partial charge in [0, 0.05) is 11.8 Å². The van der Waals surface area contributed by atoms with E-state index in [1.54, 1.807) is 6.07 Å². The highest BCUT2D eigenvalue weighted by Gasteiger charge is 2.11. The number of benzene rings is 1. The zero-order valence-electron chi connectivity index (χ0n) is 10.8. The summed E-state index contributed by atoms with van der Waals surface area (Å²) in [5.74, 6) is 0.666. The number of hydrogen-bond acceptors (Lipinski definition) is 5. The van der Waals surface area contributed by atoms with Gasteiger partial charge in [-0.3, -0.25) is 0 Å². The number of rotatable bonds is 3. The van der Waals surface area contributed by atoms with E-state index in [1.807, 2.05) is 6.92 Å². The molecule has 0 aliphatic carbocycles. The maximum Gasteiger partial charge on any atom is 0.175 e. The fourth-order valence-electron chi connectivity index (χ4n) is 1.56. The van der Waals surface area contributed by atoms with Crippen molar-refractivity contribution in [3.63, 3.8) is 0 Å². The van der Waals surface area contributed by atoms with Gasteiger partial charge in [0.05, 0.1) is 21.9 Å².